The van der Waals surface area contributed by atoms with E-state index in [0.29, 0.717) is 12.6 Å². The van der Waals surface area contributed by atoms with Crippen LogP contribution in [0.1, 0.15) is 22.5 Å². The summed E-state index contributed by atoms with van der Waals surface area (Å²) >= 11 is 2.29. The first-order chi connectivity index (χ1) is 12.6. The Labute approximate surface area is 166 Å². The van der Waals surface area contributed by atoms with Gasteiger partial charge in [0.2, 0.25) is 5.95 Å². The van der Waals surface area contributed by atoms with E-state index >= 15 is 0 Å². The molecule has 1 aromatic heterocycles. The average Bonchev–Trinajstić information content (AvgIpc) is 2.62. The first-order valence-corrected chi connectivity index (χ1v) is 9.25. The summed E-state index contributed by atoms with van der Waals surface area (Å²) in [6.45, 7) is 4.41. The summed E-state index contributed by atoms with van der Waals surface area (Å²) in [6, 6.07) is 18.0. The van der Waals surface area contributed by atoms with E-state index in [4.69, 9.17) is 4.74 Å². The lowest BCUT2D eigenvalue weighted by atomic mass is 10.2. The number of nitrogens with one attached hydrogen (secondary N) is 1. The molecule has 3 aromatic rings. The molecule has 1 N–H and O–H groups in total. The topological polar surface area (TPSA) is 59.4 Å². The van der Waals surface area contributed by atoms with Gasteiger partial charge in [0.25, 0.3) is 0 Å². The minimum atomic E-state index is 0.497. The first kappa shape index (κ1) is 18.3. The lowest BCUT2D eigenvalue weighted by Crippen LogP contribution is -1.99. The summed E-state index contributed by atoms with van der Waals surface area (Å²) in [5.41, 5.74) is 6.78. The fourth-order valence-electron chi connectivity index (χ4n) is 2.34. The number of benzene rings is 2. The standard InChI is InChI=1S/C20H19IN4O/c1-14-11-15(2)24-20(23-14)25-22-12-16-5-9-19(10-6-16)26-13-17-3-7-18(21)8-4-17/h3-12H,13H2,1-2H3,(H,23,24,25)/b22-12+. The molecule has 0 aliphatic carbocycles. The van der Waals surface area contributed by atoms with E-state index in [-0.39, 0.29) is 0 Å². The van der Waals surface area contributed by atoms with E-state index in [1.165, 1.54) is 3.57 Å². The molecule has 0 bridgehead atoms. The zero-order valence-electron chi connectivity index (χ0n) is 14.6. The highest BCUT2D eigenvalue weighted by Gasteiger charge is 1.98. The molecule has 3 rings (SSSR count). The molecular weight excluding hydrogens is 439 g/mol. The molecule has 0 atom stereocenters. The zero-order valence-corrected chi connectivity index (χ0v) is 16.8. The molecular formula is C20H19IN4O. The highest BCUT2D eigenvalue weighted by atomic mass is 127. The molecule has 0 aliphatic rings. The second kappa shape index (κ2) is 8.75. The number of aromatic nitrogens is 2. The molecule has 0 saturated carbocycles. The van der Waals surface area contributed by atoms with Crippen LogP contribution in [0.15, 0.2) is 59.7 Å². The highest BCUT2D eigenvalue weighted by Crippen LogP contribution is 2.14. The largest absolute Gasteiger partial charge is 0.489 e. The van der Waals surface area contributed by atoms with Crippen molar-refractivity contribution in [1.82, 2.24) is 9.97 Å². The fourth-order valence-corrected chi connectivity index (χ4v) is 2.70. The predicted molar refractivity (Wildman–Crippen MR) is 113 cm³/mol. The predicted octanol–water partition coefficient (Wildman–Crippen LogP) is 4.72. The summed E-state index contributed by atoms with van der Waals surface area (Å²) in [4.78, 5) is 8.56. The van der Waals surface area contributed by atoms with Gasteiger partial charge in [-0.15, -0.1) is 0 Å². The van der Waals surface area contributed by atoms with Crippen LogP contribution in [-0.4, -0.2) is 16.2 Å². The van der Waals surface area contributed by atoms with Gasteiger partial charge in [-0.3, -0.25) is 0 Å². The SMILES string of the molecule is Cc1cc(C)nc(N/N=C/c2ccc(OCc3ccc(I)cc3)cc2)n1. The van der Waals surface area contributed by atoms with E-state index in [2.05, 4.69) is 67.4 Å². The van der Waals surface area contributed by atoms with E-state index in [1.807, 2.05) is 44.2 Å². The molecule has 1 heterocycles. The minimum absolute atomic E-state index is 0.497. The Bertz CT molecular complexity index is 872. The molecule has 0 saturated heterocycles. The highest BCUT2D eigenvalue weighted by molar-refractivity contribution is 14.1. The molecule has 5 nitrogen and oxygen atoms in total. The van der Waals surface area contributed by atoms with Crippen LogP contribution in [0.5, 0.6) is 5.75 Å². The molecule has 0 spiro atoms. The number of rotatable bonds is 6. The van der Waals surface area contributed by atoms with Crippen LogP contribution >= 0.6 is 22.6 Å². The Kier molecular flexibility index (Phi) is 6.17. The second-order valence-corrected chi connectivity index (χ2v) is 7.07. The first-order valence-electron chi connectivity index (χ1n) is 8.17. The normalized spacial score (nSPS) is 10.9. The van der Waals surface area contributed by atoms with Crippen molar-refractivity contribution in [2.75, 3.05) is 5.43 Å². The smallest absolute Gasteiger partial charge is 0.243 e. The Balaban J connectivity index is 1.54. The average molecular weight is 458 g/mol. The monoisotopic (exact) mass is 458 g/mol. The van der Waals surface area contributed by atoms with Crippen molar-refractivity contribution in [2.24, 2.45) is 5.10 Å². The van der Waals surface area contributed by atoms with Gasteiger partial charge in [-0.25, -0.2) is 15.4 Å². The van der Waals surface area contributed by atoms with E-state index < -0.39 is 0 Å². The van der Waals surface area contributed by atoms with Crippen LogP contribution in [0.2, 0.25) is 0 Å². The number of ether oxygens (including phenoxy) is 1. The Morgan fingerprint density at radius 1 is 1.00 bits per heavy atom. The Hall–Kier alpha value is -2.48. The quantitative estimate of drug-likeness (QED) is 0.330. The molecule has 0 aliphatic heterocycles. The summed E-state index contributed by atoms with van der Waals surface area (Å²) in [6.07, 6.45) is 1.73. The lowest BCUT2D eigenvalue weighted by molar-refractivity contribution is 0.306. The molecule has 0 radical (unpaired) electrons. The summed E-state index contributed by atoms with van der Waals surface area (Å²) in [5.74, 6) is 1.32. The van der Waals surface area contributed by atoms with Gasteiger partial charge in [-0.05, 0) is 90.0 Å². The van der Waals surface area contributed by atoms with Crippen LogP contribution in [0.25, 0.3) is 0 Å². The summed E-state index contributed by atoms with van der Waals surface area (Å²) in [5, 5.41) is 4.18. The zero-order chi connectivity index (χ0) is 18.4. The van der Waals surface area contributed by atoms with E-state index in [1.54, 1.807) is 6.21 Å². The number of nitrogens with zero attached hydrogens (tertiary/aromatic N) is 3. The fraction of sp³-hybridized carbons (Fsp3) is 0.150. The Morgan fingerprint density at radius 2 is 1.65 bits per heavy atom. The third-order valence-electron chi connectivity index (χ3n) is 3.56. The lowest BCUT2D eigenvalue weighted by Gasteiger charge is -2.06. The second-order valence-electron chi connectivity index (χ2n) is 5.83. The number of hydrazone groups is 1. The van der Waals surface area contributed by atoms with Gasteiger partial charge in [0, 0.05) is 15.0 Å². The molecule has 0 amide bonds. The maximum Gasteiger partial charge on any atom is 0.243 e. The van der Waals surface area contributed by atoms with Crippen LogP contribution in [0.3, 0.4) is 0 Å². The molecule has 132 valence electrons. The third-order valence-corrected chi connectivity index (χ3v) is 4.28. The van der Waals surface area contributed by atoms with Gasteiger partial charge in [0.05, 0.1) is 6.21 Å². The van der Waals surface area contributed by atoms with E-state index in [9.17, 15) is 0 Å². The maximum atomic E-state index is 5.80. The van der Waals surface area contributed by atoms with Gasteiger partial charge in [-0.1, -0.05) is 12.1 Å². The molecule has 2 aromatic carbocycles. The Morgan fingerprint density at radius 3 is 2.31 bits per heavy atom. The van der Waals surface area contributed by atoms with Crippen molar-refractivity contribution in [3.8, 4) is 5.75 Å². The van der Waals surface area contributed by atoms with Gasteiger partial charge < -0.3 is 4.74 Å². The van der Waals surface area contributed by atoms with Crippen molar-refractivity contribution < 1.29 is 4.74 Å². The van der Waals surface area contributed by atoms with Crippen molar-refractivity contribution in [3.63, 3.8) is 0 Å². The maximum absolute atomic E-state index is 5.80. The van der Waals surface area contributed by atoms with Crippen molar-refractivity contribution in [2.45, 2.75) is 20.5 Å². The van der Waals surface area contributed by atoms with Crippen LogP contribution in [-0.2, 0) is 6.61 Å². The molecule has 0 fully saturated rings. The van der Waals surface area contributed by atoms with Crippen LogP contribution in [0, 0.1) is 17.4 Å². The minimum Gasteiger partial charge on any atom is -0.489 e. The van der Waals surface area contributed by atoms with Gasteiger partial charge in [-0.2, -0.15) is 5.10 Å². The number of anilines is 1. The molecule has 26 heavy (non-hydrogen) atoms. The third kappa shape index (κ3) is 5.52. The number of aryl methyl sites for hydroxylation is 2. The van der Waals surface area contributed by atoms with E-state index in [0.717, 1.165) is 28.3 Å². The van der Waals surface area contributed by atoms with Crippen molar-refractivity contribution in [3.05, 3.63) is 80.7 Å². The van der Waals surface area contributed by atoms with Crippen molar-refractivity contribution >= 4 is 34.8 Å². The number of hydrogen-bond acceptors (Lipinski definition) is 5. The number of hydrogen-bond donors (Lipinski definition) is 1. The van der Waals surface area contributed by atoms with Gasteiger partial charge >= 0.3 is 0 Å². The number of halogens is 1. The van der Waals surface area contributed by atoms with Crippen molar-refractivity contribution in [1.29, 1.82) is 0 Å². The van der Waals surface area contributed by atoms with Crippen LogP contribution < -0.4 is 10.2 Å². The van der Waals surface area contributed by atoms with Crippen LogP contribution in [0.4, 0.5) is 5.95 Å². The van der Waals surface area contributed by atoms with Gasteiger partial charge in [0.15, 0.2) is 0 Å². The molecule has 6 heteroatoms. The summed E-state index contributed by atoms with van der Waals surface area (Å²) in [7, 11) is 0. The van der Waals surface area contributed by atoms with Gasteiger partial charge in [0.1, 0.15) is 12.4 Å². The molecule has 0 unspecified atom stereocenters. The summed E-state index contributed by atoms with van der Waals surface area (Å²) < 4.78 is 7.02.